The summed E-state index contributed by atoms with van der Waals surface area (Å²) >= 11 is 3.31. The van der Waals surface area contributed by atoms with Crippen LogP contribution in [0.4, 0.5) is 20.2 Å². The lowest BCUT2D eigenvalue weighted by Crippen LogP contribution is -2.38. The second-order valence-electron chi connectivity index (χ2n) is 9.11. The van der Waals surface area contributed by atoms with Crippen molar-refractivity contribution in [2.45, 2.75) is 19.9 Å². The van der Waals surface area contributed by atoms with E-state index in [0.29, 0.717) is 27.1 Å². The average molecular weight is 623 g/mol. The van der Waals surface area contributed by atoms with Gasteiger partial charge in [0.25, 0.3) is 11.5 Å². The largest absolute Gasteiger partial charge is 0.343 e. The van der Waals surface area contributed by atoms with Crippen LogP contribution in [-0.2, 0) is 22.6 Å². The molecule has 0 fully saturated rings. The zero-order chi connectivity index (χ0) is 29.5. The van der Waals surface area contributed by atoms with Crippen molar-refractivity contribution in [2.75, 3.05) is 17.2 Å². The van der Waals surface area contributed by atoms with Gasteiger partial charge in [0.15, 0.2) is 11.6 Å². The Morgan fingerprint density at radius 3 is 2.29 bits per heavy atom. The summed E-state index contributed by atoms with van der Waals surface area (Å²) in [5.74, 6) is -3.47. The molecule has 1 aromatic heterocycles. The molecule has 0 spiro atoms. The number of rotatable bonds is 6. The fraction of sp³-hybridized carbons (Fsp3) is 0.133. The predicted octanol–water partition coefficient (Wildman–Crippen LogP) is 4.80. The summed E-state index contributed by atoms with van der Waals surface area (Å²) in [6.45, 7) is 1.15. The average Bonchev–Trinajstić information content (AvgIpc) is 3.34. The maximum absolute atomic E-state index is 13.6. The van der Waals surface area contributed by atoms with E-state index in [2.05, 4.69) is 31.9 Å². The van der Waals surface area contributed by atoms with Gasteiger partial charge in [0.2, 0.25) is 11.8 Å². The highest BCUT2D eigenvalue weighted by Crippen LogP contribution is 2.26. The number of nitrogens with zero attached hydrogens (tertiary/aromatic N) is 1. The third-order valence-electron chi connectivity index (χ3n) is 6.16. The standard InChI is InChI=1S/C24H19BrF2N4O4.C6H6/c1-12-17(25)9-16(24(35)31(12)11-13-2-4-18(26)19(27)6-13)23(34)28-10-22(33)29-15-3-5-20-14(7-15)8-21(32)30-20;1-2-4-6-5-3-1/h2-7,9H,8,10-11H2,1H3,(H,28,34)(H,29,33)(H,30,32);1-6H. The molecular weight excluding hydrogens is 598 g/mol. The minimum Gasteiger partial charge on any atom is -0.343 e. The van der Waals surface area contributed by atoms with Crippen molar-refractivity contribution in [3.8, 4) is 0 Å². The molecule has 41 heavy (non-hydrogen) atoms. The van der Waals surface area contributed by atoms with E-state index in [1.165, 1.54) is 16.7 Å². The number of nitrogens with one attached hydrogen (secondary N) is 3. The lowest BCUT2D eigenvalue weighted by molar-refractivity contribution is -0.116. The summed E-state index contributed by atoms with van der Waals surface area (Å²) in [7, 11) is 0. The van der Waals surface area contributed by atoms with Crippen molar-refractivity contribution in [3.05, 3.63) is 128 Å². The number of anilines is 2. The van der Waals surface area contributed by atoms with Gasteiger partial charge < -0.3 is 20.5 Å². The van der Waals surface area contributed by atoms with Crippen molar-refractivity contribution in [3.63, 3.8) is 0 Å². The van der Waals surface area contributed by atoms with E-state index < -0.39 is 35.6 Å². The fourth-order valence-corrected chi connectivity index (χ4v) is 4.49. The monoisotopic (exact) mass is 622 g/mol. The van der Waals surface area contributed by atoms with E-state index in [1.807, 2.05) is 36.4 Å². The van der Waals surface area contributed by atoms with Gasteiger partial charge in [0.1, 0.15) is 5.56 Å². The number of hydrogen-bond donors (Lipinski definition) is 3. The summed E-state index contributed by atoms with van der Waals surface area (Å²) in [4.78, 5) is 49.5. The number of pyridine rings is 1. The van der Waals surface area contributed by atoms with E-state index in [0.717, 1.165) is 17.7 Å². The van der Waals surface area contributed by atoms with Gasteiger partial charge in [-0.1, -0.05) is 42.5 Å². The molecule has 1 aliphatic heterocycles. The first kappa shape index (κ1) is 29.3. The number of carbonyl (C=O) groups excluding carboxylic acids is 3. The molecule has 0 bridgehead atoms. The van der Waals surface area contributed by atoms with E-state index in [1.54, 1.807) is 25.1 Å². The maximum Gasteiger partial charge on any atom is 0.263 e. The van der Waals surface area contributed by atoms with Crippen LogP contribution in [0.1, 0.15) is 27.2 Å². The molecule has 5 rings (SSSR count). The van der Waals surface area contributed by atoms with Gasteiger partial charge in [-0.05, 0) is 70.4 Å². The highest BCUT2D eigenvalue weighted by Gasteiger charge is 2.20. The molecule has 0 aliphatic carbocycles. The van der Waals surface area contributed by atoms with E-state index >= 15 is 0 Å². The number of aromatic nitrogens is 1. The third kappa shape index (κ3) is 7.52. The Balaban J connectivity index is 0.000000572. The molecule has 3 N–H and O–H groups in total. The third-order valence-corrected chi connectivity index (χ3v) is 6.96. The van der Waals surface area contributed by atoms with Crippen LogP contribution in [0.5, 0.6) is 0 Å². The molecule has 0 saturated heterocycles. The zero-order valence-electron chi connectivity index (χ0n) is 21.8. The fourth-order valence-electron chi connectivity index (χ4n) is 4.05. The second kappa shape index (κ2) is 13.1. The Bertz CT molecular complexity index is 1650. The first-order valence-electron chi connectivity index (χ1n) is 12.5. The van der Waals surface area contributed by atoms with Crippen LogP contribution in [0.2, 0.25) is 0 Å². The molecule has 11 heteroatoms. The lowest BCUT2D eigenvalue weighted by atomic mass is 10.1. The molecule has 3 aromatic carbocycles. The van der Waals surface area contributed by atoms with E-state index in [-0.39, 0.29) is 24.4 Å². The molecule has 210 valence electrons. The summed E-state index contributed by atoms with van der Waals surface area (Å²) in [6, 6.07) is 21.6. The number of halogens is 3. The topological polar surface area (TPSA) is 109 Å². The van der Waals surface area contributed by atoms with E-state index in [9.17, 15) is 28.0 Å². The Morgan fingerprint density at radius 1 is 0.951 bits per heavy atom. The first-order valence-corrected chi connectivity index (χ1v) is 13.3. The Hall–Kier alpha value is -4.64. The van der Waals surface area contributed by atoms with Gasteiger partial charge in [-0.15, -0.1) is 0 Å². The van der Waals surface area contributed by atoms with Gasteiger partial charge in [-0.25, -0.2) is 8.78 Å². The Labute approximate surface area is 242 Å². The number of fused-ring (bicyclic) bond motifs is 1. The highest BCUT2D eigenvalue weighted by atomic mass is 79.9. The SMILES string of the molecule is Cc1c(Br)cc(C(=O)NCC(=O)Nc2ccc3c(c2)CC(=O)N3)c(=O)n1Cc1ccc(F)c(F)c1.c1ccccc1. The minimum absolute atomic E-state index is 0.0856. The van der Waals surface area contributed by atoms with Gasteiger partial charge in [0.05, 0.1) is 19.5 Å². The number of carbonyl (C=O) groups is 3. The van der Waals surface area contributed by atoms with Crippen molar-refractivity contribution in [1.82, 2.24) is 9.88 Å². The molecule has 2 heterocycles. The first-order chi connectivity index (χ1) is 19.6. The molecule has 0 radical (unpaired) electrons. The Morgan fingerprint density at radius 2 is 1.63 bits per heavy atom. The van der Waals surface area contributed by atoms with Gasteiger partial charge >= 0.3 is 0 Å². The van der Waals surface area contributed by atoms with Gasteiger partial charge in [0, 0.05) is 21.5 Å². The number of hydrogen-bond acceptors (Lipinski definition) is 4. The van der Waals surface area contributed by atoms with Crippen LogP contribution in [0, 0.1) is 18.6 Å². The minimum atomic E-state index is -1.04. The summed E-state index contributed by atoms with van der Waals surface area (Å²) in [5, 5.41) is 7.74. The molecule has 0 atom stereocenters. The van der Waals surface area contributed by atoms with Crippen LogP contribution >= 0.6 is 15.9 Å². The van der Waals surface area contributed by atoms with Crippen molar-refractivity contribution in [1.29, 1.82) is 0 Å². The summed E-state index contributed by atoms with van der Waals surface area (Å²) in [6.07, 6.45) is 0.217. The molecule has 8 nitrogen and oxygen atoms in total. The van der Waals surface area contributed by atoms with E-state index in [4.69, 9.17) is 0 Å². The molecule has 3 amide bonds. The smallest absolute Gasteiger partial charge is 0.263 e. The zero-order valence-corrected chi connectivity index (χ0v) is 23.4. The van der Waals surface area contributed by atoms with Crippen molar-refractivity contribution < 1.29 is 23.2 Å². The molecule has 1 aliphatic rings. The van der Waals surface area contributed by atoms with Crippen LogP contribution in [-0.4, -0.2) is 28.8 Å². The van der Waals surface area contributed by atoms with Crippen LogP contribution in [0.25, 0.3) is 0 Å². The summed E-state index contributed by atoms with van der Waals surface area (Å²) < 4.78 is 28.5. The number of amides is 3. The van der Waals surface area contributed by atoms with Gasteiger partial charge in [-0.2, -0.15) is 0 Å². The lowest BCUT2D eigenvalue weighted by Gasteiger charge is -2.14. The number of benzene rings is 3. The van der Waals surface area contributed by atoms with Crippen molar-refractivity contribution >= 4 is 45.0 Å². The van der Waals surface area contributed by atoms with Crippen LogP contribution in [0.15, 0.2) is 88.1 Å². The molecule has 4 aromatic rings. The molecule has 0 saturated carbocycles. The quantitative estimate of drug-likeness (QED) is 0.287. The second-order valence-corrected chi connectivity index (χ2v) is 9.97. The maximum atomic E-state index is 13.6. The highest BCUT2D eigenvalue weighted by molar-refractivity contribution is 9.10. The molecule has 0 unspecified atom stereocenters. The van der Waals surface area contributed by atoms with Crippen molar-refractivity contribution in [2.24, 2.45) is 0 Å². The predicted molar refractivity (Wildman–Crippen MR) is 155 cm³/mol. The molecular formula is C30H25BrF2N4O4. The van der Waals surface area contributed by atoms with Crippen LogP contribution in [0.3, 0.4) is 0 Å². The normalized spacial score (nSPS) is 11.6. The Kier molecular flexibility index (Phi) is 9.41. The summed E-state index contributed by atoms with van der Waals surface area (Å²) in [5.41, 5.74) is 1.85. The van der Waals surface area contributed by atoms with Gasteiger partial charge in [-0.3, -0.25) is 19.2 Å². The van der Waals surface area contributed by atoms with Crippen LogP contribution < -0.4 is 21.5 Å².